The first-order chi connectivity index (χ1) is 9.98. The fourth-order valence-corrected chi connectivity index (χ4v) is 2.92. The van der Waals surface area contributed by atoms with Crippen LogP contribution >= 0.6 is 0 Å². The first-order valence-corrected chi connectivity index (χ1v) is 8.48. The van der Waals surface area contributed by atoms with E-state index in [2.05, 4.69) is 24.1 Å². The van der Waals surface area contributed by atoms with Gasteiger partial charge in [0.2, 0.25) is 0 Å². The molecule has 0 aliphatic carbocycles. The Bertz CT molecular complexity index is 307. The van der Waals surface area contributed by atoms with Gasteiger partial charge in [-0.2, -0.15) is 13.2 Å². The van der Waals surface area contributed by atoms with Gasteiger partial charge >= 0.3 is 6.18 Å². The van der Waals surface area contributed by atoms with Gasteiger partial charge < -0.3 is 0 Å². The summed E-state index contributed by atoms with van der Waals surface area (Å²) in [6.45, 7) is 4.24. The SMILES string of the molecule is CCCCCCCC(CCCCCC)C1(C(F)(F)F)N=N1. The molecular formula is C16H29F3N2. The second-order valence-corrected chi connectivity index (χ2v) is 6.17. The number of rotatable bonds is 12. The molecule has 0 N–H and O–H groups in total. The van der Waals surface area contributed by atoms with Gasteiger partial charge in [-0.05, 0) is 12.8 Å². The zero-order valence-electron chi connectivity index (χ0n) is 13.4. The molecule has 1 unspecified atom stereocenters. The molecule has 0 aromatic heterocycles. The van der Waals surface area contributed by atoms with E-state index in [1.54, 1.807) is 0 Å². The van der Waals surface area contributed by atoms with Crippen molar-refractivity contribution in [2.45, 2.75) is 96.3 Å². The van der Waals surface area contributed by atoms with Gasteiger partial charge in [-0.3, -0.25) is 0 Å². The smallest absolute Gasteiger partial charge is 0.166 e. The highest BCUT2D eigenvalue weighted by atomic mass is 19.4. The van der Waals surface area contributed by atoms with Gasteiger partial charge in [-0.15, -0.1) is 10.2 Å². The average Bonchev–Trinajstić information content (AvgIpc) is 3.22. The Morgan fingerprint density at radius 2 is 1.19 bits per heavy atom. The molecule has 1 heterocycles. The lowest BCUT2D eigenvalue weighted by atomic mass is 9.85. The Balaban J connectivity index is 2.43. The van der Waals surface area contributed by atoms with Crippen LogP contribution in [0.25, 0.3) is 0 Å². The fourth-order valence-electron chi connectivity index (χ4n) is 2.92. The Morgan fingerprint density at radius 3 is 1.57 bits per heavy atom. The van der Waals surface area contributed by atoms with Crippen LogP contribution in [0.5, 0.6) is 0 Å². The number of nitrogens with zero attached hydrogens (tertiary/aromatic N) is 2. The van der Waals surface area contributed by atoms with Crippen LogP contribution in [0.3, 0.4) is 0 Å². The lowest BCUT2D eigenvalue weighted by molar-refractivity contribution is -0.178. The third-order valence-corrected chi connectivity index (χ3v) is 4.36. The predicted octanol–water partition coefficient (Wildman–Crippen LogP) is 6.66. The van der Waals surface area contributed by atoms with Gasteiger partial charge in [0.05, 0.1) is 0 Å². The highest BCUT2D eigenvalue weighted by Crippen LogP contribution is 2.52. The number of halogens is 3. The summed E-state index contributed by atoms with van der Waals surface area (Å²) < 4.78 is 39.5. The first-order valence-electron chi connectivity index (χ1n) is 8.48. The molecule has 0 amide bonds. The van der Waals surface area contributed by atoms with Gasteiger partial charge in [0.15, 0.2) is 0 Å². The van der Waals surface area contributed by atoms with E-state index in [0.29, 0.717) is 12.8 Å². The lowest BCUT2D eigenvalue weighted by Crippen LogP contribution is -2.40. The number of hydrogen-bond acceptors (Lipinski definition) is 2. The summed E-state index contributed by atoms with van der Waals surface area (Å²) in [5.74, 6) is -0.448. The number of alkyl halides is 3. The zero-order valence-corrected chi connectivity index (χ0v) is 13.4. The summed E-state index contributed by atoms with van der Waals surface area (Å²) in [5.41, 5.74) is -2.05. The quantitative estimate of drug-likeness (QED) is 0.360. The Labute approximate surface area is 126 Å². The molecule has 0 spiro atoms. The maximum absolute atomic E-state index is 13.2. The maximum atomic E-state index is 13.2. The molecule has 1 aliphatic rings. The molecule has 21 heavy (non-hydrogen) atoms. The maximum Gasteiger partial charge on any atom is 0.437 e. The summed E-state index contributed by atoms with van der Waals surface area (Å²) in [6, 6.07) is 0. The summed E-state index contributed by atoms with van der Waals surface area (Å²) in [6.07, 6.45) is 6.26. The van der Waals surface area contributed by atoms with E-state index >= 15 is 0 Å². The van der Waals surface area contributed by atoms with Crippen molar-refractivity contribution in [1.82, 2.24) is 0 Å². The van der Waals surface area contributed by atoms with Gasteiger partial charge in [0, 0.05) is 5.92 Å². The molecule has 0 fully saturated rings. The van der Waals surface area contributed by atoms with E-state index < -0.39 is 17.8 Å². The standard InChI is InChI=1S/C16H29F3N2/c1-3-5-7-9-11-13-14(12-10-8-6-4-2)15(20-21-15)16(17,18)19/h14H,3-13H2,1-2H3. The molecule has 0 saturated heterocycles. The third kappa shape index (κ3) is 5.59. The van der Waals surface area contributed by atoms with Crippen molar-refractivity contribution < 1.29 is 13.2 Å². The molecule has 0 saturated carbocycles. The van der Waals surface area contributed by atoms with Crippen molar-refractivity contribution in [2.75, 3.05) is 0 Å². The van der Waals surface area contributed by atoms with Gasteiger partial charge in [0.1, 0.15) is 0 Å². The van der Waals surface area contributed by atoms with E-state index in [0.717, 1.165) is 51.4 Å². The molecule has 124 valence electrons. The molecule has 1 aliphatic heterocycles. The Morgan fingerprint density at radius 1 is 0.762 bits per heavy atom. The highest BCUT2D eigenvalue weighted by molar-refractivity contribution is 5.05. The Hall–Kier alpha value is -0.610. The van der Waals surface area contributed by atoms with E-state index in [4.69, 9.17) is 0 Å². The topological polar surface area (TPSA) is 24.7 Å². The molecule has 5 heteroatoms. The highest BCUT2D eigenvalue weighted by Gasteiger charge is 2.67. The monoisotopic (exact) mass is 306 g/mol. The molecule has 0 radical (unpaired) electrons. The molecule has 2 nitrogen and oxygen atoms in total. The van der Waals surface area contributed by atoms with Crippen LogP contribution in [0, 0.1) is 5.92 Å². The second kappa shape index (κ2) is 8.74. The molecular weight excluding hydrogens is 277 g/mol. The second-order valence-electron chi connectivity index (χ2n) is 6.17. The van der Waals surface area contributed by atoms with E-state index in [1.165, 1.54) is 6.42 Å². The van der Waals surface area contributed by atoms with Crippen molar-refractivity contribution >= 4 is 0 Å². The van der Waals surface area contributed by atoms with Crippen LogP contribution in [0.15, 0.2) is 10.2 Å². The van der Waals surface area contributed by atoms with Crippen LogP contribution in [-0.2, 0) is 0 Å². The molecule has 0 aromatic carbocycles. The average molecular weight is 306 g/mol. The van der Waals surface area contributed by atoms with Crippen molar-refractivity contribution in [3.63, 3.8) is 0 Å². The molecule has 1 atom stereocenters. The Kier molecular flexibility index (Phi) is 7.67. The summed E-state index contributed by atoms with van der Waals surface area (Å²) >= 11 is 0. The van der Waals surface area contributed by atoms with Gasteiger partial charge in [-0.1, -0.05) is 71.6 Å². The minimum absolute atomic E-state index is 0.448. The van der Waals surface area contributed by atoms with E-state index in [-0.39, 0.29) is 0 Å². The minimum Gasteiger partial charge on any atom is -0.166 e. The van der Waals surface area contributed by atoms with Crippen molar-refractivity contribution in [1.29, 1.82) is 0 Å². The number of hydrogen-bond donors (Lipinski definition) is 0. The van der Waals surface area contributed by atoms with Crippen LogP contribution in [-0.4, -0.2) is 11.8 Å². The van der Waals surface area contributed by atoms with Crippen LogP contribution < -0.4 is 0 Å². The van der Waals surface area contributed by atoms with Crippen molar-refractivity contribution in [3.8, 4) is 0 Å². The first kappa shape index (κ1) is 18.4. The van der Waals surface area contributed by atoms with E-state index in [9.17, 15) is 13.2 Å². The normalized spacial score (nSPS) is 18.0. The van der Waals surface area contributed by atoms with Crippen LogP contribution in [0.1, 0.15) is 84.5 Å². The largest absolute Gasteiger partial charge is 0.437 e. The summed E-state index contributed by atoms with van der Waals surface area (Å²) in [4.78, 5) is 0. The van der Waals surface area contributed by atoms with Crippen LogP contribution in [0.4, 0.5) is 13.2 Å². The van der Waals surface area contributed by atoms with Crippen molar-refractivity contribution in [3.05, 3.63) is 0 Å². The van der Waals surface area contributed by atoms with Gasteiger partial charge in [-0.25, -0.2) is 0 Å². The van der Waals surface area contributed by atoms with E-state index in [1.807, 2.05) is 0 Å². The molecule has 0 aromatic rings. The molecule has 0 bridgehead atoms. The zero-order chi connectivity index (χ0) is 15.8. The van der Waals surface area contributed by atoms with Gasteiger partial charge in [0.25, 0.3) is 5.66 Å². The predicted molar refractivity (Wildman–Crippen MR) is 79.3 cm³/mol. The lowest BCUT2D eigenvalue weighted by Gasteiger charge is -2.25. The summed E-state index contributed by atoms with van der Waals surface area (Å²) in [7, 11) is 0. The van der Waals surface area contributed by atoms with Crippen molar-refractivity contribution in [2.24, 2.45) is 16.1 Å². The summed E-state index contributed by atoms with van der Waals surface area (Å²) in [5, 5.41) is 6.84. The van der Waals surface area contributed by atoms with Crippen LogP contribution in [0.2, 0.25) is 0 Å². The molecule has 1 rings (SSSR count). The number of unbranched alkanes of at least 4 members (excludes halogenated alkanes) is 7. The third-order valence-electron chi connectivity index (χ3n) is 4.36. The minimum atomic E-state index is -4.31. The fraction of sp³-hybridized carbons (Fsp3) is 1.00.